The SMILES string of the molecule is COC(C)(C)CC(C#N)N1CCCCC1. The molecule has 0 bridgehead atoms. The van der Waals surface area contributed by atoms with Gasteiger partial charge in [-0.2, -0.15) is 5.26 Å². The molecule has 0 spiro atoms. The molecule has 0 N–H and O–H groups in total. The van der Waals surface area contributed by atoms with Crippen molar-refractivity contribution in [1.29, 1.82) is 5.26 Å². The molecule has 1 aliphatic heterocycles. The number of hydrogen-bond donors (Lipinski definition) is 0. The van der Waals surface area contributed by atoms with E-state index in [9.17, 15) is 5.26 Å². The fourth-order valence-electron chi connectivity index (χ4n) is 2.04. The molecule has 1 atom stereocenters. The smallest absolute Gasteiger partial charge is 0.100 e. The zero-order valence-electron chi connectivity index (χ0n) is 10.1. The van der Waals surface area contributed by atoms with Crippen molar-refractivity contribution in [3.8, 4) is 6.07 Å². The van der Waals surface area contributed by atoms with E-state index in [1.807, 2.05) is 13.8 Å². The standard InChI is InChI=1S/C12H22N2O/c1-12(2,15-3)9-11(10-13)14-7-5-4-6-8-14/h11H,4-9H2,1-3H3. The molecule has 1 rings (SSSR count). The molecule has 0 aromatic rings. The maximum atomic E-state index is 9.19. The van der Waals surface area contributed by atoms with Crippen LogP contribution in [0.2, 0.25) is 0 Å². The first kappa shape index (κ1) is 12.5. The van der Waals surface area contributed by atoms with Crippen LogP contribution in [0.5, 0.6) is 0 Å². The number of hydrogen-bond acceptors (Lipinski definition) is 3. The first-order valence-corrected chi connectivity index (χ1v) is 5.78. The average molecular weight is 210 g/mol. The van der Waals surface area contributed by atoms with Crippen LogP contribution in [0.15, 0.2) is 0 Å². The lowest BCUT2D eigenvalue weighted by molar-refractivity contribution is -0.00294. The first-order chi connectivity index (χ1) is 7.09. The molecule has 1 aliphatic rings. The number of piperidine rings is 1. The summed E-state index contributed by atoms with van der Waals surface area (Å²) in [6.45, 7) is 6.22. The van der Waals surface area contributed by atoms with E-state index in [1.54, 1.807) is 7.11 Å². The van der Waals surface area contributed by atoms with E-state index in [0.717, 1.165) is 19.5 Å². The van der Waals surface area contributed by atoms with Gasteiger partial charge in [-0.25, -0.2) is 0 Å². The van der Waals surface area contributed by atoms with Gasteiger partial charge in [0.25, 0.3) is 0 Å². The largest absolute Gasteiger partial charge is 0.379 e. The minimum absolute atomic E-state index is 0.0141. The second kappa shape index (κ2) is 5.48. The van der Waals surface area contributed by atoms with Gasteiger partial charge in [-0.1, -0.05) is 6.42 Å². The topological polar surface area (TPSA) is 36.3 Å². The van der Waals surface area contributed by atoms with E-state index < -0.39 is 0 Å². The Morgan fingerprint density at radius 2 is 1.93 bits per heavy atom. The molecule has 1 heterocycles. The van der Waals surface area contributed by atoms with Gasteiger partial charge in [-0.15, -0.1) is 0 Å². The molecule has 0 aromatic heterocycles. The van der Waals surface area contributed by atoms with Crippen LogP contribution in [0.4, 0.5) is 0 Å². The molecule has 3 heteroatoms. The van der Waals surface area contributed by atoms with E-state index in [0.29, 0.717) is 0 Å². The number of nitriles is 1. The molecule has 0 aromatic carbocycles. The third-order valence-corrected chi connectivity index (χ3v) is 3.22. The predicted octanol–water partition coefficient (Wildman–Crippen LogP) is 2.18. The summed E-state index contributed by atoms with van der Waals surface area (Å²) in [5.41, 5.74) is -0.197. The number of ether oxygens (including phenoxy) is 1. The second-order valence-electron chi connectivity index (χ2n) is 4.91. The van der Waals surface area contributed by atoms with Crippen LogP contribution in [0.25, 0.3) is 0 Å². The van der Waals surface area contributed by atoms with Gasteiger partial charge in [0.2, 0.25) is 0 Å². The fourth-order valence-corrected chi connectivity index (χ4v) is 2.04. The Morgan fingerprint density at radius 3 is 2.40 bits per heavy atom. The van der Waals surface area contributed by atoms with Crippen molar-refractivity contribution in [2.75, 3.05) is 20.2 Å². The zero-order chi connectivity index (χ0) is 11.3. The summed E-state index contributed by atoms with van der Waals surface area (Å²) < 4.78 is 5.38. The lowest BCUT2D eigenvalue weighted by Crippen LogP contribution is -2.42. The van der Waals surface area contributed by atoms with Crippen molar-refractivity contribution in [1.82, 2.24) is 4.90 Å². The third kappa shape index (κ3) is 3.81. The van der Waals surface area contributed by atoms with Crippen LogP contribution in [0.3, 0.4) is 0 Å². The minimum Gasteiger partial charge on any atom is -0.379 e. The molecular weight excluding hydrogens is 188 g/mol. The van der Waals surface area contributed by atoms with E-state index >= 15 is 0 Å². The van der Waals surface area contributed by atoms with Gasteiger partial charge in [0.1, 0.15) is 6.04 Å². The number of rotatable bonds is 4. The Labute approximate surface area is 93.0 Å². The van der Waals surface area contributed by atoms with E-state index in [1.165, 1.54) is 19.3 Å². The Morgan fingerprint density at radius 1 is 1.33 bits per heavy atom. The number of methoxy groups -OCH3 is 1. The van der Waals surface area contributed by atoms with Gasteiger partial charge in [0.15, 0.2) is 0 Å². The molecule has 3 nitrogen and oxygen atoms in total. The van der Waals surface area contributed by atoms with Gasteiger partial charge in [-0.05, 0) is 39.8 Å². The molecule has 0 radical (unpaired) electrons. The van der Waals surface area contributed by atoms with Gasteiger partial charge < -0.3 is 4.74 Å². The number of likely N-dealkylation sites (tertiary alicyclic amines) is 1. The Kier molecular flexibility index (Phi) is 4.56. The van der Waals surface area contributed by atoms with Crippen molar-refractivity contribution in [3.05, 3.63) is 0 Å². The van der Waals surface area contributed by atoms with Crippen LogP contribution in [-0.4, -0.2) is 36.7 Å². The van der Waals surface area contributed by atoms with E-state index in [2.05, 4.69) is 11.0 Å². The summed E-state index contributed by atoms with van der Waals surface area (Å²) in [5.74, 6) is 0. The van der Waals surface area contributed by atoms with E-state index in [-0.39, 0.29) is 11.6 Å². The molecule has 1 saturated heterocycles. The zero-order valence-corrected chi connectivity index (χ0v) is 10.1. The molecule has 0 saturated carbocycles. The quantitative estimate of drug-likeness (QED) is 0.713. The van der Waals surface area contributed by atoms with Crippen LogP contribution in [-0.2, 0) is 4.74 Å². The van der Waals surface area contributed by atoms with Crippen molar-refractivity contribution in [2.45, 2.75) is 51.2 Å². The molecule has 1 fully saturated rings. The monoisotopic (exact) mass is 210 g/mol. The lowest BCUT2D eigenvalue weighted by Gasteiger charge is -2.34. The highest BCUT2D eigenvalue weighted by Gasteiger charge is 2.27. The molecule has 86 valence electrons. The van der Waals surface area contributed by atoms with E-state index in [4.69, 9.17) is 4.74 Å². The highest BCUT2D eigenvalue weighted by Crippen LogP contribution is 2.21. The van der Waals surface area contributed by atoms with Crippen molar-refractivity contribution < 1.29 is 4.74 Å². The highest BCUT2D eigenvalue weighted by atomic mass is 16.5. The summed E-state index contributed by atoms with van der Waals surface area (Å²) in [4.78, 5) is 2.30. The van der Waals surface area contributed by atoms with Crippen molar-refractivity contribution >= 4 is 0 Å². The summed E-state index contributed by atoms with van der Waals surface area (Å²) >= 11 is 0. The van der Waals surface area contributed by atoms with Gasteiger partial charge in [-0.3, -0.25) is 4.90 Å². The average Bonchev–Trinajstić information content (AvgIpc) is 2.27. The Balaban J connectivity index is 2.51. The predicted molar refractivity (Wildman–Crippen MR) is 60.5 cm³/mol. The molecule has 1 unspecified atom stereocenters. The molecule has 0 aliphatic carbocycles. The fraction of sp³-hybridized carbons (Fsp3) is 0.917. The minimum atomic E-state index is -0.197. The third-order valence-electron chi connectivity index (χ3n) is 3.22. The van der Waals surface area contributed by atoms with Crippen LogP contribution in [0.1, 0.15) is 39.5 Å². The highest BCUT2D eigenvalue weighted by molar-refractivity contribution is 4.96. The Bertz CT molecular complexity index is 226. The molecule has 15 heavy (non-hydrogen) atoms. The summed E-state index contributed by atoms with van der Waals surface area (Å²) in [6.07, 6.45) is 4.56. The normalized spacial score (nSPS) is 20.9. The Hall–Kier alpha value is -0.590. The number of nitrogens with zero attached hydrogens (tertiary/aromatic N) is 2. The second-order valence-corrected chi connectivity index (χ2v) is 4.91. The van der Waals surface area contributed by atoms with Crippen molar-refractivity contribution in [2.24, 2.45) is 0 Å². The summed E-state index contributed by atoms with van der Waals surface area (Å²) in [7, 11) is 1.71. The summed E-state index contributed by atoms with van der Waals surface area (Å²) in [6, 6.07) is 2.42. The van der Waals surface area contributed by atoms with Gasteiger partial charge in [0, 0.05) is 13.5 Å². The maximum absolute atomic E-state index is 9.19. The van der Waals surface area contributed by atoms with Crippen LogP contribution in [0, 0.1) is 11.3 Å². The summed E-state index contributed by atoms with van der Waals surface area (Å²) in [5, 5.41) is 9.19. The van der Waals surface area contributed by atoms with Crippen LogP contribution < -0.4 is 0 Å². The van der Waals surface area contributed by atoms with Crippen molar-refractivity contribution in [3.63, 3.8) is 0 Å². The van der Waals surface area contributed by atoms with Crippen LogP contribution >= 0.6 is 0 Å². The maximum Gasteiger partial charge on any atom is 0.100 e. The molecular formula is C12H22N2O. The molecule has 0 amide bonds. The van der Waals surface area contributed by atoms with Gasteiger partial charge in [0.05, 0.1) is 11.7 Å². The van der Waals surface area contributed by atoms with Gasteiger partial charge >= 0.3 is 0 Å². The first-order valence-electron chi connectivity index (χ1n) is 5.78. The lowest BCUT2D eigenvalue weighted by atomic mass is 9.97.